The standard InChI is InChI=1S/C15H12F6O3/c16-9-7(1-2-8(22)10(9)17)15(20,21)24-14-5-3-13(23,4-6-14)11(18)12(14)19/h1-2,22-23H,3-6H2. The molecule has 1 aromatic rings. The highest BCUT2D eigenvalue weighted by Gasteiger charge is 2.59. The predicted molar refractivity (Wildman–Crippen MR) is 68.4 cm³/mol. The Hall–Kier alpha value is -1.74. The lowest BCUT2D eigenvalue weighted by Gasteiger charge is -2.48. The molecule has 2 N–H and O–H groups in total. The molecule has 0 radical (unpaired) electrons. The van der Waals surface area contributed by atoms with Crippen molar-refractivity contribution >= 4 is 0 Å². The molecule has 2 bridgehead atoms. The third-order valence-electron chi connectivity index (χ3n) is 4.59. The van der Waals surface area contributed by atoms with E-state index in [9.17, 15) is 31.4 Å². The number of ether oxygens (including phenoxy) is 1. The van der Waals surface area contributed by atoms with Crippen LogP contribution in [0.4, 0.5) is 26.3 Å². The van der Waals surface area contributed by atoms with Crippen molar-refractivity contribution in [1.29, 1.82) is 0 Å². The van der Waals surface area contributed by atoms with Crippen molar-refractivity contribution in [3.8, 4) is 5.75 Å². The van der Waals surface area contributed by atoms with Gasteiger partial charge < -0.3 is 14.9 Å². The van der Waals surface area contributed by atoms with Gasteiger partial charge in [-0.1, -0.05) is 0 Å². The third-order valence-corrected chi connectivity index (χ3v) is 4.59. The van der Waals surface area contributed by atoms with Crippen LogP contribution in [0.15, 0.2) is 23.8 Å². The lowest BCUT2D eigenvalue weighted by molar-refractivity contribution is -0.316. The average molecular weight is 354 g/mol. The molecule has 1 aromatic carbocycles. The number of hydrogen-bond donors (Lipinski definition) is 2. The van der Waals surface area contributed by atoms with E-state index in [1.165, 1.54) is 0 Å². The first-order valence-electron chi connectivity index (χ1n) is 7.06. The molecule has 0 aromatic heterocycles. The molecule has 1 saturated carbocycles. The van der Waals surface area contributed by atoms with Gasteiger partial charge in [0, 0.05) is 0 Å². The minimum atomic E-state index is -4.48. The second-order valence-corrected chi connectivity index (χ2v) is 6.03. The molecule has 0 amide bonds. The summed E-state index contributed by atoms with van der Waals surface area (Å²) in [4.78, 5) is 0. The molecule has 9 heteroatoms. The van der Waals surface area contributed by atoms with Gasteiger partial charge in [0.1, 0.15) is 11.2 Å². The molecule has 24 heavy (non-hydrogen) atoms. The highest BCUT2D eigenvalue weighted by Crippen LogP contribution is 2.55. The summed E-state index contributed by atoms with van der Waals surface area (Å²) in [7, 11) is 0. The van der Waals surface area contributed by atoms with E-state index in [1.807, 2.05) is 0 Å². The maximum Gasteiger partial charge on any atom is 0.387 e. The van der Waals surface area contributed by atoms with Crippen LogP contribution in [0.5, 0.6) is 5.75 Å². The van der Waals surface area contributed by atoms with Crippen LogP contribution in [0.1, 0.15) is 31.2 Å². The Morgan fingerprint density at radius 3 is 2.08 bits per heavy atom. The molecule has 0 saturated heterocycles. The topological polar surface area (TPSA) is 49.7 Å². The molecule has 0 heterocycles. The van der Waals surface area contributed by atoms with Gasteiger partial charge in [-0.2, -0.15) is 13.2 Å². The summed E-state index contributed by atoms with van der Waals surface area (Å²) in [6.45, 7) is 0. The molecular weight excluding hydrogens is 342 g/mol. The number of fused-ring (bicyclic) bond motifs is 2. The zero-order valence-corrected chi connectivity index (χ0v) is 12.1. The van der Waals surface area contributed by atoms with E-state index < -0.39 is 64.8 Å². The summed E-state index contributed by atoms with van der Waals surface area (Å²) >= 11 is 0. The first kappa shape index (κ1) is 17.1. The van der Waals surface area contributed by atoms with Crippen LogP contribution in [0.2, 0.25) is 0 Å². The van der Waals surface area contributed by atoms with E-state index in [1.54, 1.807) is 0 Å². The quantitative estimate of drug-likeness (QED) is 0.809. The number of phenolic OH excluding ortho intramolecular Hbond substituents is 1. The van der Waals surface area contributed by atoms with Crippen LogP contribution in [0.25, 0.3) is 0 Å². The van der Waals surface area contributed by atoms with Crippen LogP contribution < -0.4 is 0 Å². The zero-order valence-electron chi connectivity index (χ0n) is 12.1. The summed E-state index contributed by atoms with van der Waals surface area (Å²) in [5, 5.41) is 18.8. The van der Waals surface area contributed by atoms with Crippen molar-refractivity contribution in [2.45, 2.75) is 43.0 Å². The molecular formula is C15H12F6O3. The summed E-state index contributed by atoms with van der Waals surface area (Å²) in [5.74, 6) is -8.38. The maximum absolute atomic E-state index is 14.3. The van der Waals surface area contributed by atoms with Crippen LogP contribution in [0, 0.1) is 11.6 Å². The Labute approximate surface area is 132 Å². The van der Waals surface area contributed by atoms with E-state index >= 15 is 0 Å². The van der Waals surface area contributed by atoms with Crippen molar-refractivity contribution in [2.24, 2.45) is 0 Å². The van der Waals surface area contributed by atoms with E-state index in [4.69, 9.17) is 5.11 Å². The van der Waals surface area contributed by atoms with Crippen LogP contribution >= 0.6 is 0 Å². The number of hydrogen-bond acceptors (Lipinski definition) is 3. The number of aromatic hydroxyl groups is 1. The van der Waals surface area contributed by atoms with Gasteiger partial charge >= 0.3 is 6.11 Å². The van der Waals surface area contributed by atoms with Gasteiger partial charge in [0.25, 0.3) is 0 Å². The Morgan fingerprint density at radius 1 is 0.917 bits per heavy atom. The second-order valence-electron chi connectivity index (χ2n) is 6.03. The largest absolute Gasteiger partial charge is 0.505 e. The van der Waals surface area contributed by atoms with Crippen LogP contribution in [-0.2, 0) is 10.8 Å². The highest BCUT2D eigenvalue weighted by molar-refractivity contribution is 5.33. The monoisotopic (exact) mass is 354 g/mol. The normalized spacial score (nSPS) is 30.1. The molecule has 132 valence electrons. The Morgan fingerprint density at radius 2 is 1.50 bits per heavy atom. The minimum Gasteiger partial charge on any atom is -0.505 e. The number of rotatable bonds is 3. The maximum atomic E-state index is 14.3. The fourth-order valence-corrected chi connectivity index (χ4v) is 3.12. The van der Waals surface area contributed by atoms with E-state index in [0.717, 1.165) is 0 Å². The average Bonchev–Trinajstić information content (AvgIpc) is 2.51. The van der Waals surface area contributed by atoms with Gasteiger partial charge in [-0.25, -0.2) is 13.2 Å². The summed E-state index contributed by atoms with van der Waals surface area (Å²) < 4.78 is 87.9. The number of benzene rings is 1. The third kappa shape index (κ3) is 2.29. The predicted octanol–water partition coefficient (Wildman–Crippen LogP) is 3.94. The minimum absolute atomic E-state index is 0.339. The first-order chi connectivity index (χ1) is 11.0. The van der Waals surface area contributed by atoms with Gasteiger partial charge in [-0.15, -0.1) is 0 Å². The SMILES string of the molecule is Oc1ccc(C(F)(F)OC23CCC(O)(CC2)C(F)=C3F)c(F)c1F. The molecule has 3 aliphatic carbocycles. The van der Waals surface area contributed by atoms with Gasteiger partial charge in [-0.3, -0.25) is 0 Å². The summed E-state index contributed by atoms with van der Waals surface area (Å²) in [6.07, 6.45) is -6.05. The number of halogens is 6. The molecule has 1 fully saturated rings. The van der Waals surface area contributed by atoms with Crippen molar-refractivity contribution in [3.63, 3.8) is 0 Å². The smallest absolute Gasteiger partial charge is 0.387 e. The van der Waals surface area contributed by atoms with Crippen LogP contribution in [0.3, 0.4) is 0 Å². The van der Waals surface area contributed by atoms with E-state index in [-0.39, 0.29) is 12.8 Å². The molecule has 3 nitrogen and oxygen atoms in total. The van der Waals surface area contributed by atoms with Crippen molar-refractivity contribution in [3.05, 3.63) is 41.0 Å². The zero-order chi connectivity index (χ0) is 17.9. The molecule has 3 aliphatic rings. The molecule has 0 unspecified atom stereocenters. The van der Waals surface area contributed by atoms with Gasteiger partial charge in [0.2, 0.25) is 5.82 Å². The Balaban J connectivity index is 2.00. The number of aliphatic hydroxyl groups is 1. The fourth-order valence-electron chi connectivity index (χ4n) is 3.12. The lowest BCUT2D eigenvalue weighted by Crippen LogP contribution is -2.53. The van der Waals surface area contributed by atoms with E-state index in [2.05, 4.69) is 4.74 Å². The van der Waals surface area contributed by atoms with Crippen molar-refractivity contribution in [2.75, 3.05) is 0 Å². The molecule has 0 aliphatic heterocycles. The van der Waals surface area contributed by atoms with Gasteiger partial charge in [0.15, 0.2) is 23.2 Å². The molecule has 0 spiro atoms. The number of alkyl halides is 2. The number of phenols is 1. The lowest BCUT2D eigenvalue weighted by atomic mass is 9.68. The summed E-state index contributed by atoms with van der Waals surface area (Å²) in [6, 6.07) is 0.889. The van der Waals surface area contributed by atoms with Crippen molar-refractivity contribution < 1.29 is 41.3 Å². The Bertz CT molecular complexity index is 722. The highest BCUT2D eigenvalue weighted by atomic mass is 19.3. The van der Waals surface area contributed by atoms with E-state index in [0.29, 0.717) is 12.1 Å². The fraction of sp³-hybridized carbons (Fsp3) is 0.467. The Kier molecular flexibility index (Phi) is 3.65. The van der Waals surface area contributed by atoms with Gasteiger partial charge in [-0.05, 0) is 37.8 Å². The second kappa shape index (κ2) is 5.13. The first-order valence-corrected chi connectivity index (χ1v) is 7.06. The van der Waals surface area contributed by atoms with Crippen molar-refractivity contribution in [1.82, 2.24) is 0 Å². The summed E-state index contributed by atoms with van der Waals surface area (Å²) in [5.41, 5.74) is -5.95. The van der Waals surface area contributed by atoms with Crippen LogP contribution in [-0.4, -0.2) is 21.4 Å². The van der Waals surface area contributed by atoms with Gasteiger partial charge in [0.05, 0.1) is 5.56 Å². The molecule has 0 atom stereocenters. The molecule has 4 rings (SSSR count).